The number of nitrogens with one attached hydrogen (secondary N) is 1. The van der Waals surface area contributed by atoms with Crippen molar-refractivity contribution in [2.24, 2.45) is 0 Å². The van der Waals surface area contributed by atoms with Crippen LogP contribution in [0.25, 0.3) is 0 Å². The van der Waals surface area contributed by atoms with E-state index in [1.165, 1.54) is 0 Å². The smallest absolute Gasteiger partial charge is 0.148 e. The highest BCUT2D eigenvalue weighted by Gasteiger charge is 2.21. The molecule has 5 nitrogen and oxygen atoms in total. The summed E-state index contributed by atoms with van der Waals surface area (Å²) in [5.41, 5.74) is 0. The van der Waals surface area contributed by atoms with Crippen molar-refractivity contribution in [3.8, 4) is 0 Å². The zero-order valence-electron chi connectivity index (χ0n) is 10.8. The van der Waals surface area contributed by atoms with Gasteiger partial charge < -0.3 is 15.0 Å². The molecule has 1 aliphatic rings. The number of halogens is 1. The Bertz CT molecular complexity index is 396. The first-order valence-corrected chi connectivity index (χ1v) is 7.10. The third-order valence-corrected chi connectivity index (χ3v) is 3.87. The van der Waals surface area contributed by atoms with Crippen LogP contribution in [-0.2, 0) is 4.74 Å². The average Bonchev–Trinajstić information content (AvgIpc) is 2.89. The maximum absolute atomic E-state index is 5.69. The first kappa shape index (κ1) is 13.5. The first-order valence-electron chi connectivity index (χ1n) is 6.31. The molecular weight excluding hydrogens is 296 g/mol. The lowest BCUT2D eigenvalue weighted by Gasteiger charge is -2.26. The SMILES string of the molecule is CCN(CC1CCCO1)c1ncnc(NC)c1Br. The number of hydrogen-bond acceptors (Lipinski definition) is 5. The van der Waals surface area contributed by atoms with Crippen LogP contribution >= 0.6 is 15.9 Å². The molecule has 0 bridgehead atoms. The minimum absolute atomic E-state index is 0.324. The molecular formula is C12H19BrN4O. The van der Waals surface area contributed by atoms with Gasteiger partial charge in [-0.1, -0.05) is 0 Å². The average molecular weight is 315 g/mol. The van der Waals surface area contributed by atoms with Gasteiger partial charge in [0.25, 0.3) is 0 Å². The van der Waals surface area contributed by atoms with E-state index in [0.717, 1.165) is 48.6 Å². The molecule has 0 saturated carbocycles. The van der Waals surface area contributed by atoms with E-state index in [1.54, 1.807) is 6.33 Å². The van der Waals surface area contributed by atoms with E-state index in [4.69, 9.17) is 4.74 Å². The molecule has 2 heterocycles. The number of hydrogen-bond donors (Lipinski definition) is 1. The van der Waals surface area contributed by atoms with Crippen LogP contribution in [-0.4, -0.2) is 42.8 Å². The maximum Gasteiger partial charge on any atom is 0.148 e. The van der Waals surface area contributed by atoms with Gasteiger partial charge in [-0.3, -0.25) is 0 Å². The van der Waals surface area contributed by atoms with Crippen molar-refractivity contribution in [2.75, 3.05) is 37.0 Å². The van der Waals surface area contributed by atoms with Gasteiger partial charge in [0.1, 0.15) is 22.4 Å². The highest BCUT2D eigenvalue weighted by Crippen LogP contribution is 2.29. The van der Waals surface area contributed by atoms with E-state index < -0.39 is 0 Å². The number of ether oxygens (including phenoxy) is 1. The molecule has 1 fully saturated rings. The standard InChI is InChI=1S/C12H19BrN4O/c1-3-17(7-9-5-4-6-18-9)12-10(13)11(14-2)15-8-16-12/h8-9H,3-7H2,1-2H3,(H,14,15,16). The molecule has 1 aliphatic heterocycles. The summed E-state index contributed by atoms with van der Waals surface area (Å²) in [7, 11) is 1.85. The molecule has 2 rings (SSSR count). The fourth-order valence-corrected chi connectivity index (χ4v) is 2.81. The summed E-state index contributed by atoms with van der Waals surface area (Å²) in [5.74, 6) is 1.73. The molecule has 1 aromatic heterocycles. The van der Waals surface area contributed by atoms with Crippen molar-refractivity contribution in [3.63, 3.8) is 0 Å². The summed E-state index contributed by atoms with van der Waals surface area (Å²) in [6.45, 7) is 4.80. The Morgan fingerprint density at radius 1 is 1.56 bits per heavy atom. The molecule has 0 amide bonds. The number of aromatic nitrogens is 2. The molecule has 1 aromatic rings. The molecule has 1 saturated heterocycles. The Kier molecular flexibility index (Phi) is 4.77. The van der Waals surface area contributed by atoms with E-state index in [0.29, 0.717) is 6.10 Å². The molecule has 1 atom stereocenters. The van der Waals surface area contributed by atoms with Gasteiger partial charge in [0.2, 0.25) is 0 Å². The topological polar surface area (TPSA) is 50.3 Å². The van der Waals surface area contributed by atoms with Crippen molar-refractivity contribution in [3.05, 3.63) is 10.8 Å². The van der Waals surface area contributed by atoms with E-state index in [-0.39, 0.29) is 0 Å². The number of nitrogens with zero attached hydrogens (tertiary/aromatic N) is 3. The van der Waals surface area contributed by atoms with Gasteiger partial charge in [-0.15, -0.1) is 0 Å². The molecule has 0 radical (unpaired) electrons. The molecule has 0 aromatic carbocycles. The van der Waals surface area contributed by atoms with Gasteiger partial charge in [-0.25, -0.2) is 9.97 Å². The normalized spacial score (nSPS) is 18.9. The van der Waals surface area contributed by atoms with E-state index >= 15 is 0 Å². The molecule has 0 spiro atoms. The highest BCUT2D eigenvalue weighted by molar-refractivity contribution is 9.10. The lowest BCUT2D eigenvalue weighted by atomic mass is 10.2. The summed E-state index contributed by atoms with van der Waals surface area (Å²) in [4.78, 5) is 10.8. The second kappa shape index (κ2) is 6.33. The van der Waals surface area contributed by atoms with Crippen molar-refractivity contribution in [1.29, 1.82) is 0 Å². The highest BCUT2D eigenvalue weighted by atomic mass is 79.9. The van der Waals surface area contributed by atoms with Gasteiger partial charge in [0, 0.05) is 26.7 Å². The Morgan fingerprint density at radius 3 is 3.00 bits per heavy atom. The lowest BCUT2D eigenvalue weighted by Crippen LogP contribution is -2.33. The lowest BCUT2D eigenvalue weighted by molar-refractivity contribution is 0.115. The quantitative estimate of drug-likeness (QED) is 0.903. The van der Waals surface area contributed by atoms with Crippen LogP contribution in [0, 0.1) is 0 Å². The summed E-state index contributed by atoms with van der Waals surface area (Å²) in [6, 6.07) is 0. The van der Waals surface area contributed by atoms with Gasteiger partial charge in [-0.2, -0.15) is 0 Å². The van der Waals surface area contributed by atoms with Crippen LogP contribution in [0.5, 0.6) is 0 Å². The Hall–Kier alpha value is -0.880. The second-order valence-electron chi connectivity index (χ2n) is 4.28. The van der Waals surface area contributed by atoms with E-state index in [2.05, 4.69) is 43.0 Å². The Labute approximate surface area is 116 Å². The predicted octanol–water partition coefficient (Wildman–Crippen LogP) is 2.29. The van der Waals surface area contributed by atoms with Crippen LogP contribution in [0.2, 0.25) is 0 Å². The summed E-state index contributed by atoms with van der Waals surface area (Å²) < 4.78 is 6.60. The van der Waals surface area contributed by atoms with Crippen LogP contribution in [0.15, 0.2) is 10.8 Å². The summed E-state index contributed by atoms with van der Waals surface area (Å²) in [6.07, 6.45) is 4.21. The van der Waals surface area contributed by atoms with Gasteiger partial charge in [0.05, 0.1) is 6.10 Å². The predicted molar refractivity (Wildman–Crippen MR) is 76.1 cm³/mol. The number of anilines is 2. The molecule has 0 aliphatic carbocycles. The Balaban J connectivity index is 2.15. The van der Waals surface area contributed by atoms with E-state index in [9.17, 15) is 0 Å². The summed E-state index contributed by atoms with van der Waals surface area (Å²) >= 11 is 3.56. The van der Waals surface area contributed by atoms with Crippen LogP contribution < -0.4 is 10.2 Å². The minimum atomic E-state index is 0.324. The van der Waals surface area contributed by atoms with Crippen LogP contribution in [0.3, 0.4) is 0 Å². The first-order chi connectivity index (χ1) is 8.76. The molecule has 18 heavy (non-hydrogen) atoms. The largest absolute Gasteiger partial charge is 0.376 e. The van der Waals surface area contributed by atoms with Crippen molar-refractivity contribution in [2.45, 2.75) is 25.9 Å². The van der Waals surface area contributed by atoms with E-state index in [1.807, 2.05) is 7.05 Å². The molecule has 6 heteroatoms. The van der Waals surface area contributed by atoms with Crippen molar-refractivity contribution < 1.29 is 4.74 Å². The van der Waals surface area contributed by atoms with Crippen molar-refractivity contribution in [1.82, 2.24) is 9.97 Å². The third-order valence-electron chi connectivity index (χ3n) is 3.14. The van der Waals surface area contributed by atoms with Crippen molar-refractivity contribution >= 4 is 27.6 Å². The summed E-state index contributed by atoms with van der Waals surface area (Å²) in [5, 5.41) is 3.05. The zero-order chi connectivity index (χ0) is 13.0. The fraction of sp³-hybridized carbons (Fsp3) is 0.667. The van der Waals surface area contributed by atoms with Gasteiger partial charge in [-0.05, 0) is 35.7 Å². The molecule has 1 N–H and O–H groups in total. The van der Waals surface area contributed by atoms with Gasteiger partial charge >= 0.3 is 0 Å². The monoisotopic (exact) mass is 314 g/mol. The number of rotatable bonds is 5. The fourth-order valence-electron chi connectivity index (χ4n) is 2.15. The van der Waals surface area contributed by atoms with Gasteiger partial charge in [0.15, 0.2) is 0 Å². The molecule has 1 unspecified atom stereocenters. The van der Waals surface area contributed by atoms with Crippen LogP contribution in [0.1, 0.15) is 19.8 Å². The number of likely N-dealkylation sites (N-methyl/N-ethyl adjacent to an activating group) is 1. The molecule has 100 valence electrons. The minimum Gasteiger partial charge on any atom is -0.376 e. The van der Waals surface area contributed by atoms with Crippen LogP contribution in [0.4, 0.5) is 11.6 Å². The maximum atomic E-state index is 5.69. The zero-order valence-corrected chi connectivity index (χ0v) is 12.4. The second-order valence-corrected chi connectivity index (χ2v) is 5.08. The third kappa shape index (κ3) is 2.92. The Morgan fingerprint density at radius 2 is 2.39 bits per heavy atom.